The van der Waals surface area contributed by atoms with Crippen LogP contribution in [0.1, 0.15) is 13.8 Å². The number of aliphatic imine (C=N–C) groups is 1. The van der Waals surface area contributed by atoms with Crippen molar-refractivity contribution >= 4 is 12.6 Å². The lowest BCUT2D eigenvalue weighted by atomic mass is 10.3. The fourth-order valence-corrected chi connectivity index (χ4v) is 0.553. The Morgan fingerprint density at radius 3 is 2.60 bits per heavy atom. The van der Waals surface area contributed by atoms with Crippen molar-refractivity contribution in [3.05, 3.63) is 0 Å². The Morgan fingerprint density at radius 2 is 2.30 bits per heavy atom. The van der Waals surface area contributed by atoms with E-state index in [4.69, 9.17) is 0 Å². The first-order valence-electron chi connectivity index (χ1n) is 3.34. The molecule has 0 fully saturated rings. The van der Waals surface area contributed by atoms with E-state index in [0.717, 1.165) is 6.54 Å². The molecule has 0 heterocycles. The van der Waals surface area contributed by atoms with Gasteiger partial charge >= 0.3 is 0 Å². The van der Waals surface area contributed by atoms with Gasteiger partial charge in [0.1, 0.15) is 6.04 Å². The first-order valence-corrected chi connectivity index (χ1v) is 3.34. The van der Waals surface area contributed by atoms with Crippen LogP contribution >= 0.6 is 0 Å². The monoisotopic (exact) mass is 142 g/mol. The molecule has 0 spiro atoms. The maximum absolute atomic E-state index is 11.1. The second kappa shape index (κ2) is 4.04. The molecule has 0 rings (SSSR count). The van der Waals surface area contributed by atoms with Gasteiger partial charge in [-0.05, 0) is 20.6 Å². The molecule has 0 N–H and O–H groups in total. The van der Waals surface area contributed by atoms with Gasteiger partial charge in [0.25, 0.3) is 0 Å². The van der Waals surface area contributed by atoms with Gasteiger partial charge in [-0.3, -0.25) is 9.79 Å². The van der Waals surface area contributed by atoms with E-state index in [2.05, 4.69) is 11.7 Å². The molecule has 0 aromatic carbocycles. The van der Waals surface area contributed by atoms with E-state index in [0.29, 0.717) is 0 Å². The van der Waals surface area contributed by atoms with Crippen LogP contribution in [0.2, 0.25) is 0 Å². The molecule has 0 aliphatic heterocycles. The second-order valence-corrected chi connectivity index (χ2v) is 2.21. The van der Waals surface area contributed by atoms with Crippen molar-refractivity contribution in [2.24, 2.45) is 4.99 Å². The van der Waals surface area contributed by atoms with E-state index in [1.54, 1.807) is 18.9 Å². The smallest absolute Gasteiger partial charge is 0.246 e. The molecule has 1 atom stereocenters. The average molecular weight is 142 g/mol. The van der Waals surface area contributed by atoms with Crippen molar-refractivity contribution < 1.29 is 4.79 Å². The van der Waals surface area contributed by atoms with Gasteiger partial charge in [-0.2, -0.15) is 0 Å². The zero-order valence-corrected chi connectivity index (χ0v) is 6.79. The Morgan fingerprint density at radius 1 is 1.80 bits per heavy atom. The number of rotatable bonds is 3. The minimum Gasteiger partial charge on any atom is -0.344 e. The number of amides is 1. The van der Waals surface area contributed by atoms with Crippen LogP contribution < -0.4 is 0 Å². The minimum absolute atomic E-state index is 0.0255. The lowest BCUT2D eigenvalue weighted by Crippen LogP contribution is -2.33. The van der Waals surface area contributed by atoms with E-state index in [-0.39, 0.29) is 11.9 Å². The molecule has 3 nitrogen and oxygen atoms in total. The SMILES string of the molecule is C=NC(C)C(=O)N(C)CC. The van der Waals surface area contributed by atoms with Crippen LogP contribution in [0.25, 0.3) is 0 Å². The van der Waals surface area contributed by atoms with Crippen LogP contribution in [0.15, 0.2) is 4.99 Å². The third-order valence-electron chi connectivity index (χ3n) is 1.48. The van der Waals surface area contributed by atoms with Crippen LogP contribution in [0.5, 0.6) is 0 Å². The summed E-state index contributed by atoms with van der Waals surface area (Å²) in [6.07, 6.45) is 0. The molecule has 0 saturated heterocycles. The Kier molecular flexibility index (Phi) is 3.69. The lowest BCUT2D eigenvalue weighted by Gasteiger charge is -2.16. The molecular formula is C7H14N2O. The van der Waals surface area contributed by atoms with Crippen molar-refractivity contribution in [1.29, 1.82) is 0 Å². The number of likely N-dealkylation sites (N-methyl/N-ethyl adjacent to an activating group) is 1. The fourth-order valence-electron chi connectivity index (χ4n) is 0.553. The molecule has 0 aromatic heterocycles. The van der Waals surface area contributed by atoms with Crippen molar-refractivity contribution in [2.75, 3.05) is 13.6 Å². The predicted octanol–water partition coefficient (Wildman–Crippen LogP) is 0.554. The Hall–Kier alpha value is -0.860. The van der Waals surface area contributed by atoms with E-state index in [1.807, 2.05) is 6.92 Å². The zero-order valence-electron chi connectivity index (χ0n) is 6.79. The molecule has 10 heavy (non-hydrogen) atoms. The molecule has 3 heteroatoms. The Balaban J connectivity index is 3.93. The maximum Gasteiger partial charge on any atom is 0.246 e. The second-order valence-electron chi connectivity index (χ2n) is 2.21. The first kappa shape index (κ1) is 9.14. The molecule has 0 radical (unpaired) electrons. The van der Waals surface area contributed by atoms with Crippen molar-refractivity contribution in [1.82, 2.24) is 4.90 Å². The first-order chi connectivity index (χ1) is 4.63. The zero-order chi connectivity index (χ0) is 8.15. The molecule has 0 aliphatic carbocycles. The highest BCUT2D eigenvalue weighted by atomic mass is 16.2. The van der Waals surface area contributed by atoms with Crippen molar-refractivity contribution in [3.63, 3.8) is 0 Å². The summed E-state index contributed by atoms with van der Waals surface area (Å²) >= 11 is 0. The molecule has 0 aromatic rings. The van der Waals surface area contributed by atoms with Crippen LogP contribution in [0.3, 0.4) is 0 Å². The highest BCUT2D eigenvalue weighted by molar-refractivity contribution is 5.81. The van der Waals surface area contributed by atoms with Crippen LogP contribution in [0, 0.1) is 0 Å². The summed E-state index contributed by atoms with van der Waals surface area (Å²) < 4.78 is 0. The average Bonchev–Trinajstić information content (AvgIpc) is 2.00. The van der Waals surface area contributed by atoms with Crippen molar-refractivity contribution in [2.45, 2.75) is 19.9 Å². The normalized spacial score (nSPS) is 12.3. The maximum atomic E-state index is 11.1. The number of hydrogen-bond donors (Lipinski definition) is 0. The van der Waals surface area contributed by atoms with Crippen LogP contribution in [-0.2, 0) is 4.79 Å². The van der Waals surface area contributed by atoms with Gasteiger partial charge in [0, 0.05) is 13.6 Å². The van der Waals surface area contributed by atoms with Gasteiger partial charge in [-0.25, -0.2) is 0 Å². The minimum atomic E-state index is -0.301. The van der Waals surface area contributed by atoms with Crippen LogP contribution in [-0.4, -0.2) is 37.2 Å². The van der Waals surface area contributed by atoms with Crippen molar-refractivity contribution in [3.8, 4) is 0 Å². The van der Waals surface area contributed by atoms with Gasteiger partial charge in [0.2, 0.25) is 5.91 Å². The van der Waals surface area contributed by atoms with E-state index in [1.165, 1.54) is 0 Å². The van der Waals surface area contributed by atoms with E-state index < -0.39 is 0 Å². The van der Waals surface area contributed by atoms with E-state index in [9.17, 15) is 4.79 Å². The number of hydrogen-bond acceptors (Lipinski definition) is 2. The summed E-state index contributed by atoms with van der Waals surface area (Å²) in [4.78, 5) is 16.3. The van der Waals surface area contributed by atoms with Gasteiger partial charge in [-0.1, -0.05) is 0 Å². The number of carbonyl (C=O) groups excluding carboxylic acids is 1. The predicted molar refractivity (Wildman–Crippen MR) is 42.3 cm³/mol. The Labute approximate surface area is 61.7 Å². The highest BCUT2D eigenvalue weighted by Crippen LogP contribution is 1.93. The standard InChI is InChI=1S/C7H14N2O/c1-5-9(4)7(10)6(2)8-3/h6H,3,5H2,1-2,4H3. The molecule has 0 aliphatic rings. The summed E-state index contributed by atoms with van der Waals surface area (Å²) in [5.41, 5.74) is 0. The summed E-state index contributed by atoms with van der Waals surface area (Å²) in [6, 6.07) is -0.301. The summed E-state index contributed by atoms with van der Waals surface area (Å²) in [5, 5.41) is 0. The quantitative estimate of drug-likeness (QED) is 0.530. The van der Waals surface area contributed by atoms with Gasteiger partial charge in [0.15, 0.2) is 0 Å². The number of nitrogens with zero attached hydrogens (tertiary/aromatic N) is 2. The highest BCUT2D eigenvalue weighted by Gasteiger charge is 2.12. The van der Waals surface area contributed by atoms with E-state index >= 15 is 0 Å². The fraction of sp³-hybridized carbons (Fsp3) is 0.714. The third-order valence-corrected chi connectivity index (χ3v) is 1.48. The van der Waals surface area contributed by atoms with Gasteiger partial charge < -0.3 is 4.90 Å². The summed E-state index contributed by atoms with van der Waals surface area (Å²) in [7, 11) is 1.75. The Bertz CT molecular complexity index is 134. The molecule has 58 valence electrons. The topological polar surface area (TPSA) is 32.7 Å². The summed E-state index contributed by atoms with van der Waals surface area (Å²) in [5.74, 6) is 0.0255. The molecular weight excluding hydrogens is 128 g/mol. The summed E-state index contributed by atoms with van der Waals surface area (Å²) in [6.45, 7) is 7.68. The molecule has 0 bridgehead atoms. The molecule has 1 amide bonds. The van der Waals surface area contributed by atoms with Gasteiger partial charge in [0.05, 0.1) is 0 Å². The lowest BCUT2D eigenvalue weighted by molar-refractivity contribution is -0.130. The third kappa shape index (κ3) is 2.17. The molecule has 0 saturated carbocycles. The molecule has 1 unspecified atom stereocenters. The van der Waals surface area contributed by atoms with Crippen LogP contribution in [0.4, 0.5) is 0 Å². The largest absolute Gasteiger partial charge is 0.344 e. The van der Waals surface area contributed by atoms with Gasteiger partial charge in [-0.15, -0.1) is 0 Å². The number of carbonyl (C=O) groups is 1.